The summed E-state index contributed by atoms with van der Waals surface area (Å²) in [5.74, 6) is -2.60. The maximum atomic E-state index is 14.0. The summed E-state index contributed by atoms with van der Waals surface area (Å²) in [6, 6.07) is 11.0. The number of amides is 1. The van der Waals surface area contributed by atoms with Gasteiger partial charge in [-0.05, 0) is 42.5 Å². The second-order valence-corrected chi connectivity index (χ2v) is 9.33. The lowest BCUT2D eigenvalue weighted by molar-refractivity contribution is -0.132. The number of aliphatic hydroxyl groups is 1. The van der Waals surface area contributed by atoms with Crippen LogP contribution in [0.15, 0.2) is 60.3 Å². The number of ether oxygens (including phenoxy) is 1. The fraction of sp³-hybridized carbons (Fsp3) is 0.0833. The number of pyridine rings is 1. The van der Waals surface area contributed by atoms with Crippen molar-refractivity contribution in [3.05, 3.63) is 87.4 Å². The van der Waals surface area contributed by atoms with Gasteiger partial charge in [0, 0.05) is 11.8 Å². The number of anilines is 1. The molecule has 1 aliphatic rings. The largest absolute Gasteiger partial charge is 0.507 e. The summed E-state index contributed by atoms with van der Waals surface area (Å²) in [5.41, 5.74) is 0.739. The van der Waals surface area contributed by atoms with Gasteiger partial charge < -0.3 is 9.84 Å². The minimum atomic E-state index is -1.08. The first-order chi connectivity index (χ1) is 16.8. The first-order valence-electron chi connectivity index (χ1n) is 10.1. The van der Waals surface area contributed by atoms with Gasteiger partial charge in [-0.1, -0.05) is 40.6 Å². The first kappa shape index (κ1) is 23.2. The molecule has 7 nitrogen and oxygen atoms in total. The molecule has 0 saturated carbocycles. The van der Waals surface area contributed by atoms with E-state index in [9.17, 15) is 19.1 Å². The summed E-state index contributed by atoms with van der Waals surface area (Å²) in [4.78, 5) is 36.4. The zero-order valence-corrected chi connectivity index (χ0v) is 20.2. The van der Waals surface area contributed by atoms with Gasteiger partial charge in [-0.2, -0.15) is 0 Å². The molecular formula is C24H14Cl2FN3O4S. The smallest absolute Gasteiger partial charge is 0.301 e. The van der Waals surface area contributed by atoms with E-state index in [0.717, 1.165) is 16.2 Å². The van der Waals surface area contributed by atoms with Crippen LogP contribution in [0.25, 0.3) is 16.0 Å². The molecule has 5 rings (SSSR count). The second-order valence-electron chi connectivity index (χ2n) is 7.50. The molecule has 176 valence electrons. The van der Waals surface area contributed by atoms with Crippen molar-refractivity contribution in [3.63, 3.8) is 0 Å². The Morgan fingerprint density at radius 3 is 2.66 bits per heavy atom. The van der Waals surface area contributed by atoms with Gasteiger partial charge in [-0.25, -0.2) is 9.37 Å². The number of halogens is 3. The molecule has 0 aliphatic carbocycles. The average molecular weight is 530 g/mol. The Morgan fingerprint density at radius 1 is 1.14 bits per heavy atom. The van der Waals surface area contributed by atoms with E-state index in [0.29, 0.717) is 20.9 Å². The lowest BCUT2D eigenvalue weighted by Gasteiger charge is -2.22. The topological polar surface area (TPSA) is 92.6 Å². The predicted octanol–water partition coefficient (Wildman–Crippen LogP) is 5.77. The van der Waals surface area contributed by atoms with Crippen LogP contribution in [0.2, 0.25) is 10.0 Å². The minimum absolute atomic E-state index is 0.116. The van der Waals surface area contributed by atoms with Crippen molar-refractivity contribution in [2.75, 3.05) is 12.0 Å². The number of fused-ring (bicyclic) bond motifs is 1. The third-order valence-corrected chi connectivity index (χ3v) is 7.08. The predicted molar refractivity (Wildman–Crippen MR) is 132 cm³/mol. The molecule has 2 aromatic heterocycles. The van der Waals surface area contributed by atoms with Crippen LogP contribution >= 0.6 is 34.5 Å². The van der Waals surface area contributed by atoms with E-state index in [1.165, 1.54) is 43.6 Å². The number of hydrogen-bond acceptors (Lipinski definition) is 7. The van der Waals surface area contributed by atoms with E-state index in [1.807, 2.05) is 0 Å². The highest BCUT2D eigenvalue weighted by Gasteiger charge is 2.48. The quantitative estimate of drug-likeness (QED) is 0.205. The number of carbonyl (C=O) groups excluding carboxylic acids is 2. The lowest BCUT2D eigenvalue weighted by Crippen LogP contribution is -2.29. The third kappa shape index (κ3) is 3.91. The molecular weight excluding hydrogens is 516 g/mol. The van der Waals surface area contributed by atoms with E-state index in [4.69, 9.17) is 27.9 Å². The zero-order chi connectivity index (χ0) is 24.9. The van der Waals surface area contributed by atoms with Gasteiger partial charge >= 0.3 is 5.91 Å². The fourth-order valence-corrected chi connectivity index (χ4v) is 5.18. The van der Waals surface area contributed by atoms with Crippen LogP contribution in [-0.2, 0) is 9.59 Å². The molecule has 0 radical (unpaired) electrons. The highest BCUT2D eigenvalue weighted by Crippen LogP contribution is 2.44. The van der Waals surface area contributed by atoms with Crippen LogP contribution in [0.3, 0.4) is 0 Å². The number of ketones is 1. The Kier molecular flexibility index (Phi) is 5.92. The number of aromatic nitrogens is 2. The molecule has 1 amide bonds. The van der Waals surface area contributed by atoms with Crippen molar-refractivity contribution in [2.45, 2.75) is 6.04 Å². The van der Waals surface area contributed by atoms with Gasteiger partial charge in [-0.3, -0.25) is 19.5 Å². The van der Waals surface area contributed by atoms with E-state index < -0.39 is 29.3 Å². The molecule has 35 heavy (non-hydrogen) atoms. The van der Waals surface area contributed by atoms with Crippen molar-refractivity contribution in [1.82, 2.24) is 9.97 Å². The van der Waals surface area contributed by atoms with Crippen molar-refractivity contribution in [2.24, 2.45) is 0 Å². The third-order valence-electron chi connectivity index (χ3n) is 5.46. The molecule has 2 aromatic carbocycles. The summed E-state index contributed by atoms with van der Waals surface area (Å²) >= 11 is 13.0. The van der Waals surface area contributed by atoms with Gasteiger partial charge in [0.15, 0.2) is 5.13 Å². The van der Waals surface area contributed by atoms with Gasteiger partial charge in [0.05, 0.1) is 38.6 Å². The Hall–Kier alpha value is -3.53. The highest BCUT2D eigenvalue weighted by atomic mass is 35.5. The van der Waals surface area contributed by atoms with Crippen LogP contribution in [0.5, 0.6) is 5.75 Å². The average Bonchev–Trinajstić information content (AvgIpc) is 3.37. The summed E-state index contributed by atoms with van der Waals surface area (Å²) in [6.07, 6.45) is 1.51. The number of rotatable bonds is 4. The number of nitrogens with zero attached hydrogens (tertiary/aromatic N) is 3. The molecule has 1 saturated heterocycles. The number of Topliss-reactive ketones (excluding diaryl/α,β-unsaturated/α-hetero) is 1. The van der Waals surface area contributed by atoms with Crippen LogP contribution in [0.4, 0.5) is 9.52 Å². The molecule has 4 aromatic rings. The molecule has 11 heteroatoms. The lowest BCUT2D eigenvalue weighted by atomic mass is 9.98. The maximum Gasteiger partial charge on any atom is 0.301 e. The molecule has 0 bridgehead atoms. The number of benzene rings is 2. The molecule has 0 spiro atoms. The molecule has 3 heterocycles. The van der Waals surface area contributed by atoms with Gasteiger partial charge in [-0.15, -0.1) is 0 Å². The monoisotopic (exact) mass is 529 g/mol. The first-order valence-corrected chi connectivity index (χ1v) is 11.7. The number of carbonyl (C=O) groups is 2. The van der Waals surface area contributed by atoms with Crippen LogP contribution in [0.1, 0.15) is 17.3 Å². The van der Waals surface area contributed by atoms with Crippen molar-refractivity contribution in [3.8, 4) is 5.75 Å². The molecule has 1 aliphatic heterocycles. The minimum Gasteiger partial charge on any atom is -0.507 e. The molecule has 1 atom stereocenters. The summed E-state index contributed by atoms with van der Waals surface area (Å²) < 4.78 is 19.7. The van der Waals surface area contributed by atoms with E-state index in [2.05, 4.69) is 9.97 Å². The Balaban J connectivity index is 1.72. The Bertz CT molecular complexity index is 1500. The zero-order valence-electron chi connectivity index (χ0n) is 17.8. The number of thiazole rings is 1. The van der Waals surface area contributed by atoms with Crippen LogP contribution in [-0.4, -0.2) is 33.9 Å². The van der Waals surface area contributed by atoms with Crippen molar-refractivity contribution in [1.29, 1.82) is 0 Å². The normalized spacial score (nSPS) is 17.4. The highest BCUT2D eigenvalue weighted by molar-refractivity contribution is 7.22. The molecule has 1 fully saturated rings. The van der Waals surface area contributed by atoms with E-state index in [-0.39, 0.29) is 27.0 Å². The summed E-state index contributed by atoms with van der Waals surface area (Å²) in [5, 5.41) is 11.5. The van der Waals surface area contributed by atoms with Crippen LogP contribution in [0, 0.1) is 5.82 Å². The van der Waals surface area contributed by atoms with Crippen molar-refractivity contribution < 1.29 is 23.8 Å². The Morgan fingerprint density at radius 2 is 1.94 bits per heavy atom. The van der Waals surface area contributed by atoms with Gasteiger partial charge in [0.2, 0.25) is 0 Å². The summed E-state index contributed by atoms with van der Waals surface area (Å²) in [7, 11) is 1.42. The molecule has 1 N–H and O–H groups in total. The molecule has 1 unspecified atom stereocenters. The van der Waals surface area contributed by atoms with Gasteiger partial charge in [0.25, 0.3) is 5.78 Å². The summed E-state index contributed by atoms with van der Waals surface area (Å²) in [6.45, 7) is 0. The second kappa shape index (κ2) is 8.92. The fourth-order valence-electron chi connectivity index (χ4n) is 3.82. The van der Waals surface area contributed by atoms with Crippen LogP contribution < -0.4 is 9.64 Å². The number of aliphatic hydroxyl groups excluding tert-OH is 1. The SMILES string of the molecule is COc1cc(/C(O)=C2\C(=O)C(=O)N(c3nc4cc(Cl)c(F)cc4s3)C2c2ccccn2)ccc1Cl. The maximum absolute atomic E-state index is 14.0. The number of hydrogen-bond donors (Lipinski definition) is 1. The van der Waals surface area contributed by atoms with Crippen molar-refractivity contribution >= 4 is 67.3 Å². The van der Waals surface area contributed by atoms with E-state index >= 15 is 0 Å². The van der Waals surface area contributed by atoms with E-state index in [1.54, 1.807) is 18.2 Å². The van der Waals surface area contributed by atoms with Gasteiger partial charge in [0.1, 0.15) is 23.4 Å². The Labute approximate surface area is 212 Å². The number of methoxy groups -OCH3 is 1. The standard InChI is InChI=1S/C24H14Cl2FN3O4S/c1-34-17-8-11(5-6-12(17)25)21(31)19-20(15-4-2-3-7-28-15)30(23(33)22(19)32)24-29-16-9-13(26)14(27)10-18(16)35-24/h2-10,20,31H,1H3/b21-19+.